The Balaban J connectivity index is 1.78. The van der Waals surface area contributed by atoms with Crippen molar-refractivity contribution in [1.82, 2.24) is 36.2 Å². The number of benzene rings is 3. The van der Waals surface area contributed by atoms with Gasteiger partial charge >= 0.3 is 0 Å². The summed E-state index contributed by atoms with van der Waals surface area (Å²) in [6.07, 6.45) is 3.66. The van der Waals surface area contributed by atoms with Gasteiger partial charge in [0.2, 0.25) is 35.4 Å². The maximum Gasteiger partial charge on any atom is 0.264 e. The lowest BCUT2D eigenvalue weighted by Crippen LogP contribution is -2.61. The largest absolute Gasteiger partial charge is 0.345 e. The molecule has 3 rings (SSSR count). The molecular weight excluding hydrogens is 963 g/mol. The predicted molar refractivity (Wildman–Crippen MR) is 289 cm³/mol. The summed E-state index contributed by atoms with van der Waals surface area (Å²) in [5.74, 6) is -4.07. The monoisotopic (exact) mass is 1040 g/mol. The summed E-state index contributed by atoms with van der Waals surface area (Å²) in [6, 6.07) is 18.2. The molecule has 0 bridgehead atoms. The Hall–Kier alpha value is -6.44. The van der Waals surface area contributed by atoms with E-state index in [1.807, 2.05) is 91.8 Å². The molecule has 0 aliphatic carbocycles. The normalized spacial score (nSPS) is 14.5. The van der Waals surface area contributed by atoms with E-state index in [0.29, 0.717) is 25.8 Å². The number of carbonyl (C=O) groups excluding carboxylic acids is 7. The number of nitrogens with two attached hydrogens (primary N) is 1. The van der Waals surface area contributed by atoms with Gasteiger partial charge in [-0.3, -0.25) is 33.6 Å². The van der Waals surface area contributed by atoms with E-state index in [0.717, 1.165) is 11.1 Å². The Bertz CT molecular complexity index is 2510. The summed E-state index contributed by atoms with van der Waals surface area (Å²) in [7, 11) is -1.18. The van der Waals surface area contributed by atoms with Crippen LogP contribution in [0.2, 0.25) is 0 Å². The number of carbonyl (C=O) groups is 7. The molecule has 0 saturated heterocycles. The first-order valence-corrected chi connectivity index (χ1v) is 26.8. The Morgan fingerprint density at radius 3 is 1.84 bits per heavy atom. The summed E-state index contributed by atoms with van der Waals surface area (Å²) in [5.41, 5.74) is 6.25. The highest BCUT2D eigenvalue weighted by Crippen LogP contribution is 2.29. The van der Waals surface area contributed by atoms with Crippen molar-refractivity contribution in [2.24, 2.45) is 17.1 Å². The molecule has 19 heteroatoms. The zero-order valence-corrected chi connectivity index (χ0v) is 46.1. The predicted octanol–water partition coefficient (Wildman–Crippen LogP) is 4.60. The quantitative estimate of drug-likeness (QED) is 0.0386. The summed E-state index contributed by atoms with van der Waals surface area (Å²) in [5, 5.41) is 17.0. The van der Waals surface area contributed by atoms with Gasteiger partial charge in [-0.1, -0.05) is 122 Å². The first-order chi connectivity index (χ1) is 34.7. The van der Waals surface area contributed by atoms with Gasteiger partial charge in [-0.2, -0.15) is 0 Å². The van der Waals surface area contributed by atoms with Gasteiger partial charge < -0.3 is 42.5 Å². The van der Waals surface area contributed by atoms with E-state index < -0.39 is 86.6 Å². The van der Waals surface area contributed by atoms with Crippen LogP contribution in [0, 0.1) is 11.3 Å². The lowest BCUT2D eigenvalue weighted by Gasteiger charge is -2.40. The van der Waals surface area contributed by atoms with E-state index in [4.69, 9.17) is 5.73 Å². The third-order valence-corrected chi connectivity index (χ3v) is 14.2. The second-order valence-corrected chi connectivity index (χ2v) is 22.4. The SMILES string of the molecule is CCCC(=O)N[C@H](C)C(=O)N[C@@H](Cc1ccccc1)C(=O)N[C@@H](CCCCN)C(=O)Nc1ccc(S(=O)(=O)NC(=O)/C(C)=C/[C@H](C(C)C)N(C)C(=O)C(NC(=O)[C@@H](NC)C(C)(C)c2ccccc2)C(C)(C)C)cc1. The standard InChI is InChI=1S/C55H81N9O9S/c1-13-22-45(65)58-37(5)49(67)61-43(34-38-23-16-14-17-24-38)51(69)60-42(27-20-21-32-56)50(68)59-40-28-30-41(31-29-40)74(72,73)63-48(66)36(4)33-44(35(2)3)64(12)53(71)47(54(6,7)8)62-52(70)46(57-11)55(9,10)39-25-18-15-19-26-39/h14-19,23-26,28-31,33,35,37,42-44,46-47,57H,13,20-22,27,32,34,56H2,1-12H3,(H,58,65)(H,59,68)(H,60,69)(H,61,67)(H,62,70)(H,63,66)/b36-33+/t37-,42+,43+,44-,46-,47?/m1/s1. The van der Waals surface area contributed by atoms with Gasteiger partial charge in [-0.25, -0.2) is 13.1 Å². The van der Waals surface area contributed by atoms with E-state index in [-0.39, 0.29) is 53.2 Å². The number of sulfonamides is 1. The van der Waals surface area contributed by atoms with Crippen molar-refractivity contribution in [3.05, 3.63) is 108 Å². The summed E-state index contributed by atoms with van der Waals surface area (Å²) in [6.45, 7) is 18.3. The van der Waals surface area contributed by atoms with Gasteiger partial charge in [0.25, 0.3) is 15.9 Å². The minimum atomic E-state index is -4.45. The van der Waals surface area contributed by atoms with Gasteiger partial charge in [-0.05, 0) is 99.8 Å². The smallest absolute Gasteiger partial charge is 0.264 e. The number of likely N-dealkylation sites (N-methyl/N-ethyl adjacent to an activating group) is 2. The molecule has 0 radical (unpaired) electrons. The lowest BCUT2D eigenvalue weighted by molar-refractivity contribution is -0.141. The van der Waals surface area contributed by atoms with Gasteiger partial charge in [0.1, 0.15) is 24.2 Å². The van der Waals surface area contributed by atoms with E-state index in [1.165, 1.54) is 49.1 Å². The van der Waals surface area contributed by atoms with Crippen LogP contribution in [0.5, 0.6) is 0 Å². The van der Waals surface area contributed by atoms with Crippen LogP contribution < -0.4 is 42.4 Å². The average molecular weight is 1040 g/mol. The Kier molecular flexibility index (Phi) is 23.6. The van der Waals surface area contributed by atoms with Crippen molar-refractivity contribution in [2.75, 3.05) is 26.0 Å². The zero-order chi connectivity index (χ0) is 55.6. The van der Waals surface area contributed by atoms with Gasteiger partial charge in [-0.15, -0.1) is 0 Å². The number of hydrogen-bond donors (Lipinski definition) is 8. The van der Waals surface area contributed by atoms with Crippen molar-refractivity contribution in [1.29, 1.82) is 0 Å². The van der Waals surface area contributed by atoms with Crippen LogP contribution >= 0.6 is 0 Å². The van der Waals surface area contributed by atoms with E-state index >= 15 is 0 Å². The molecule has 0 heterocycles. The molecule has 1 unspecified atom stereocenters. The fraction of sp³-hybridized carbons (Fsp3) is 0.509. The highest BCUT2D eigenvalue weighted by Gasteiger charge is 2.42. The minimum Gasteiger partial charge on any atom is -0.345 e. The van der Waals surface area contributed by atoms with Crippen molar-refractivity contribution in [2.45, 2.75) is 154 Å². The number of rotatable bonds is 27. The molecule has 7 amide bonds. The molecule has 3 aromatic carbocycles. The Morgan fingerprint density at radius 2 is 1.30 bits per heavy atom. The molecule has 3 aromatic rings. The summed E-state index contributed by atoms with van der Waals surface area (Å²) < 4.78 is 29.3. The molecule has 0 aromatic heterocycles. The van der Waals surface area contributed by atoms with Crippen molar-refractivity contribution < 1.29 is 42.0 Å². The molecule has 18 nitrogen and oxygen atoms in total. The maximum atomic E-state index is 14.4. The molecule has 74 heavy (non-hydrogen) atoms. The van der Waals surface area contributed by atoms with Crippen LogP contribution in [0.25, 0.3) is 0 Å². The van der Waals surface area contributed by atoms with Crippen molar-refractivity contribution in [3.63, 3.8) is 0 Å². The van der Waals surface area contributed by atoms with Crippen LogP contribution in [-0.2, 0) is 55.4 Å². The van der Waals surface area contributed by atoms with E-state index in [1.54, 1.807) is 38.4 Å². The van der Waals surface area contributed by atoms with Crippen LogP contribution in [-0.4, -0.2) is 112 Å². The van der Waals surface area contributed by atoms with Crippen LogP contribution in [0.15, 0.2) is 101 Å². The number of nitrogens with zero attached hydrogens (tertiary/aromatic N) is 1. The Labute approximate surface area is 438 Å². The first-order valence-electron chi connectivity index (χ1n) is 25.3. The molecule has 0 spiro atoms. The van der Waals surface area contributed by atoms with Gasteiger partial charge in [0.15, 0.2) is 0 Å². The fourth-order valence-electron chi connectivity index (χ4n) is 8.37. The topological polar surface area (TPSA) is 267 Å². The van der Waals surface area contributed by atoms with Crippen molar-refractivity contribution >= 4 is 57.1 Å². The average Bonchev–Trinajstić information content (AvgIpc) is 3.34. The zero-order valence-electron chi connectivity index (χ0n) is 45.3. The van der Waals surface area contributed by atoms with Gasteiger partial charge in [0, 0.05) is 36.6 Å². The van der Waals surface area contributed by atoms with Crippen LogP contribution in [0.1, 0.15) is 112 Å². The van der Waals surface area contributed by atoms with Crippen LogP contribution in [0.3, 0.4) is 0 Å². The second kappa shape index (κ2) is 28.3. The number of nitrogens with one attached hydrogen (secondary N) is 7. The molecule has 6 atom stereocenters. The molecular formula is C55H81N9O9S. The Morgan fingerprint density at radius 1 is 0.716 bits per heavy atom. The highest BCUT2D eigenvalue weighted by atomic mass is 32.2. The van der Waals surface area contributed by atoms with E-state index in [2.05, 4.69) is 36.6 Å². The fourth-order valence-corrected chi connectivity index (χ4v) is 9.38. The highest BCUT2D eigenvalue weighted by molar-refractivity contribution is 7.90. The molecule has 0 aliphatic rings. The lowest BCUT2D eigenvalue weighted by atomic mass is 9.76. The maximum absolute atomic E-state index is 14.4. The minimum absolute atomic E-state index is 0.0218. The van der Waals surface area contributed by atoms with Crippen molar-refractivity contribution in [3.8, 4) is 0 Å². The molecule has 0 fully saturated rings. The molecule has 0 aliphatic heterocycles. The summed E-state index contributed by atoms with van der Waals surface area (Å²) in [4.78, 5) is 96.3. The number of amides is 7. The third kappa shape index (κ3) is 18.2. The number of hydrogen-bond acceptors (Lipinski definition) is 11. The molecule has 406 valence electrons. The van der Waals surface area contributed by atoms with Crippen LogP contribution in [0.4, 0.5) is 5.69 Å². The first kappa shape index (κ1) is 61.9. The van der Waals surface area contributed by atoms with E-state index in [9.17, 15) is 42.0 Å². The second-order valence-electron chi connectivity index (χ2n) is 20.7. The summed E-state index contributed by atoms with van der Waals surface area (Å²) >= 11 is 0. The van der Waals surface area contributed by atoms with Gasteiger partial charge in [0.05, 0.1) is 17.0 Å². The molecule has 0 saturated carbocycles. The third-order valence-electron chi connectivity index (χ3n) is 12.8. The molecule has 9 N–H and O–H groups in total. The number of anilines is 1. The number of unbranched alkanes of at least 4 members (excludes halogenated alkanes) is 1.